The molecule has 200 valence electrons. The maximum absolute atomic E-state index is 13.7. The van der Waals surface area contributed by atoms with Crippen LogP contribution in [-0.2, 0) is 16.1 Å². The van der Waals surface area contributed by atoms with E-state index in [2.05, 4.69) is 46.4 Å². The van der Waals surface area contributed by atoms with Crippen LogP contribution < -0.4 is 11.1 Å². The first-order valence-corrected chi connectivity index (χ1v) is 13.5. The molecule has 2 fully saturated rings. The molecule has 0 radical (unpaired) electrons. The third-order valence-electron chi connectivity index (χ3n) is 7.90. The number of piperidine rings is 1. The second-order valence-corrected chi connectivity index (χ2v) is 10.4. The van der Waals surface area contributed by atoms with E-state index in [1.54, 1.807) is 36.5 Å². The Morgan fingerprint density at radius 1 is 1.14 bits per heavy atom. The molecule has 1 aromatic carbocycles. The Kier molecular flexibility index (Phi) is 9.66. The summed E-state index contributed by atoms with van der Waals surface area (Å²) in [7, 11) is 1.72. The molecule has 4 rings (SSSR count). The summed E-state index contributed by atoms with van der Waals surface area (Å²) in [6.45, 7) is 4.81. The number of nitrogens with two attached hydrogens (primary N) is 1. The van der Waals surface area contributed by atoms with Crippen LogP contribution in [-0.4, -0.2) is 77.6 Å². The van der Waals surface area contributed by atoms with Crippen molar-refractivity contribution in [2.75, 3.05) is 26.8 Å². The Balaban J connectivity index is 1.54. The number of ether oxygens (including phenoxy) is 1. The number of pyridine rings is 1. The lowest BCUT2D eigenvalue weighted by Gasteiger charge is -2.43. The lowest BCUT2D eigenvalue weighted by molar-refractivity contribution is -0.128. The highest BCUT2D eigenvalue weighted by molar-refractivity contribution is 5.97. The highest BCUT2D eigenvalue weighted by Gasteiger charge is 2.39. The highest BCUT2D eigenvalue weighted by Crippen LogP contribution is 2.27. The monoisotopic (exact) mass is 507 g/mol. The zero-order valence-electron chi connectivity index (χ0n) is 22.1. The van der Waals surface area contributed by atoms with E-state index in [-0.39, 0.29) is 29.9 Å². The minimum atomic E-state index is -0.538. The van der Waals surface area contributed by atoms with Gasteiger partial charge in [-0.1, -0.05) is 24.3 Å². The van der Waals surface area contributed by atoms with Crippen molar-refractivity contribution in [3.8, 4) is 0 Å². The summed E-state index contributed by atoms with van der Waals surface area (Å²) in [5.41, 5.74) is 9.11. The van der Waals surface area contributed by atoms with Gasteiger partial charge in [0.2, 0.25) is 5.91 Å². The molecule has 3 N–H and O–H groups in total. The summed E-state index contributed by atoms with van der Waals surface area (Å²) in [4.78, 5) is 35.5. The number of methoxy groups -OCH3 is 1. The molecule has 2 amide bonds. The molecule has 1 saturated carbocycles. The normalized spacial score (nSPS) is 24.2. The second-order valence-electron chi connectivity index (χ2n) is 10.4. The van der Waals surface area contributed by atoms with Crippen LogP contribution in [0.4, 0.5) is 0 Å². The maximum atomic E-state index is 13.7. The van der Waals surface area contributed by atoms with E-state index in [1.165, 1.54) is 11.1 Å². The molecule has 1 aliphatic heterocycles. The molecular formula is C29H41N5O3. The molecule has 8 heteroatoms. The summed E-state index contributed by atoms with van der Waals surface area (Å²) in [5.74, 6) is -0.204. The smallest absolute Gasteiger partial charge is 0.256 e. The number of aryl methyl sites for hydroxylation is 1. The van der Waals surface area contributed by atoms with Gasteiger partial charge in [-0.3, -0.25) is 19.5 Å². The van der Waals surface area contributed by atoms with E-state index in [0.29, 0.717) is 25.1 Å². The van der Waals surface area contributed by atoms with Gasteiger partial charge in [-0.25, -0.2) is 0 Å². The fourth-order valence-electron chi connectivity index (χ4n) is 5.59. The van der Waals surface area contributed by atoms with Gasteiger partial charge in [-0.05, 0) is 68.7 Å². The van der Waals surface area contributed by atoms with E-state index in [1.807, 2.05) is 0 Å². The van der Waals surface area contributed by atoms with E-state index in [4.69, 9.17) is 10.5 Å². The minimum absolute atomic E-state index is 0.0648. The summed E-state index contributed by atoms with van der Waals surface area (Å²) < 4.78 is 5.43. The molecule has 2 heterocycles. The Morgan fingerprint density at radius 2 is 1.92 bits per heavy atom. The van der Waals surface area contributed by atoms with Crippen LogP contribution in [0.25, 0.3) is 0 Å². The zero-order valence-corrected chi connectivity index (χ0v) is 22.1. The Labute approximate surface area is 220 Å². The number of rotatable bonds is 9. The van der Waals surface area contributed by atoms with Gasteiger partial charge in [-0.2, -0.15) is 0 Å². The van der Waals surface area contributed by atoms with Gasteiger partial charge >= 0.3 is 0 Å². The number of likely N-dealkylation sites (tertiary alicyclic amines) is 1. The molecule has 1 saturated heterocycles. The van der Waals surface area contributed by atoms with Crippen molar-refractivity contribution in [2.45, 2.75) is 76.2 Å². The molecule has 2 atom stereocenters. The number of aromatic nitrogens is 1. The largest absolute Gasteiger partial charge is 0.383 e. The third-order valence-corrected chi connectivity index (χ3v) is 7.90. The molecule has 2 aliphatic rings. The van der Waals surface area contributed by atoms with E-state index >= 15 is 0 Å². The van der Waals surface area contributed by atoms with Gasteiger partial charge in [0.15, 0.2) is 0 Å². The van der Waals surface area contributed by atoms with Gasteiger partial charge in [0.1, 0.15) is 6.04 Å². The van der Waals surface area contributed by atoms with Gasteiger partial charge in [-0.15, -0.1) is 0 Å². The summed E-state index contributed by atoms with van der Waals surface area (Å²) in [6.07, 6.45) is 8.20. The predicted molar refractivity (Wildman–Crippen MR) is 144 cm³/mol. The van der Waals surface area contributed by atoms with Crippen LogP contribution in [0.5, 0.6) is 0 Å². The second kappa shape index (κ2) is 13.1. The molecule has 0 spiro atoms. The van der Waals surface area contributed by atoms with E-state index in [0.717, 1.165) is 45.2 Å². The van der Waals surface area contributed by atoms with Crippen molar-refractivity contribution in [1.82, 2.24) is 20.1 Å². The number of carbonyl (C=O) groups is 2. The SMILES string of the molecule is COCCN(Cc1ccccc1C)C1CCN(C(=O)c2cccnc2)[C@@H](C(=O)NC2CCC(N)CC2)C1. The predicted octanol–water partition coefficient (Wildman–Crippen LogP) is 2.90. The molecule has 1 aliphatic carbocycles. The standard InChI is InChI=1S/C29H41N5O3/c1-21-6-3-4-7-23(21)20-33(16-17-37-2)26-13-15-34(29(36)22-8-5-14-31-19-22)27(18-26)28(35)32-25-11-9-24(30)10-12-25/h3-8,14,19,24-27H,9-13,15-18,20,30H2,1-2H3,(H,32,35)/t24?,25?,26?,27-/m1/s1. The van der Waals surface area contributed by atoms with Crippen molar-refractivity contribution in [3.63, 3.8) is 0 Å². The average Bonchev–Trinajstić information content (AvgIpc) is 2.93. The van der Waals surface area contributed by atoms with Crippen LogP contribution >= 0.6 is 0 Å². The van der Waals surface area contributed by atoms with Crippen LogP contribution in [0.2, 0.25) is 0 Å². The highest BCUT2D eigenvalue weighted by atomic mass is 16.5. The first-order valence-electron chi connectivity index (χ1n) is 13.5. The number of amides is 2. The quantitative estimate of drug-likeness (QED) is 0.541. The molecular weight excluding hydrogens is 466 g/mol. The lowest BCUT2D eigenvalue weighted by atomic mass is 9.90. The zero-order chi connectivity index (χ0) is 26.2. The van der Waals surface area contributed by atoms with E-state index < -0.39 is 6.04 Å². The number of carbonyl (C=O) groups excluding carboxylic acids is 2. The van der Waals surface area contributed by atoms with Crippen LogP contribution in [0.15, 0.2) is 48.8 Å². The van der Waals surface area contributed by atoms with E-state index in [9.17, 15) is 9.59 Å². The van der Waals surface area contributed by atoms with Gasteiger partial charge in [0.25, 0.3) is 5.91 Å². The number of nitrogens with one attached hydrogen (secondary N) is 1. The number of hydrogen-bond acceptors (Lipinski definition) is 6. The topological polar surface area (TPSA) is 101 Å². The first kappa shape index (κ1) is 27.2. The summed E-state index contributed by atoms with van der Waals surface area (Å²) in [5, 5.41) is 3.26. The van der Waals surface area contributed by atoms with Crippen molar-refractivity contribution < 1.29 is 14.3 Å². The Hall–Kier alpha value is -2.81. The number of benzene rings is 1. The Morgan fingerprint density at radius 3 is 2.62 bits per heavy atom. The minimum Gasteiger partial charge on any atom is -0.383 e. The van der Waals surface area contributed by atoms with Gasteiger partial charge in [0, 0.05) is 57.3 Å². The van der Waals surface area contributed by atoms with Crippen molar-refractivity contribution in [2.24, 2.45) is 5.73 Å². The van der Waals surface area contributed by atoms with Crippen LogP contribution in [0, 0.1) is 6.92 Å². The van der Waals surface area contributed by atoms with Gasteiger partial charge in [0.05, 0.1) is 12.2 Å². The third kappa shape index (κ3) is 7.15. The van der Waals surface area contributed by atoms with Crippen molar-refractivity contribution in [1.29, 1.82) is 0 Å². The fraction of sp³-hybridized carbons (Fsp3) is 0.552. The Bertz CT molecular complexity index is 1030. The van der Waals surface area contributed by atoms with Crippen LogP contribution in [0.3, 0.4) is 0 Å². The van der Waals surface area contributed by atoms with Crippen LogP contribution in [0.1, 0.15) is 60.0 Å². The first-order chi connectivity index (χ1) is 18.0. The molecule has 8 nitrogen and oxygen atoms in total. The summed E-state index contributed by atoms with van der Waals surface area (Å²) >= 11 is 0. The number of nitrogens with zero attached hydrogens (tertiary/aromatic N) is 3. The van der Waals surface area contributed by atoms with Crippen molar-refractivity contribution >= 4 is 11.8 Å². The fourth-order valence-corrected chi connectivity index (χ4v) is 5.59. The van der Waals surface area contributed by atoms with Crippen molar-refractivity contribution in [3.05, 3.63) is 65.5 Å². The molecule has 1 aromatic heterocycles. The summed E-state index contributed by atoms with van der Waals surface area (Å²) in [6, 6.07) is 11.9. The average molecular weight is 508 g/mol. The maximum Gasteiger partial charge on any atom is 0.256 e. The lowest BCUT2D eigenvalue weighted by Crippen LogP contribution is -2.58. The molecule has 2 aromatic rings. The molecule has 0 bridgehead atoms. The van der Waals surface area contributed by atoms with Gasteiger partial charge < -0.3 is 20.7 Å². The molecule has 37 heavy (non-hydrogen) atoms. The number of hydrogen-bond donors (Lipinski definition) is 2. The molecule has 1 unspecified atom stereocenters.